The number of benzene rings is 1. The fraction of sp³-hybridized carbons (Fsp3) is 0.368. The van der Waals surface area contributed by atoms with Gasteiger partial charge in [0.2, 0.25) is 0 Å². The maximum absolute atomic E-state index is 13.2. The van der Waals surface area contributed by atoms with Crippen molar-refractivity contribution in [2.24, 2.45) is 0 Å². The molecule has 1 atom stereocenters. The largest absolute Gasteiger partial charge is 0.352 e. The molecule has 3 aliphatic rings. The molecule has 0 bridgehead atoms. The molecule has 1 aromatic rings. The number of halogens is 1. The van der Waals surface area contributed by atoms with Crippen molar-refractivity contribution in [3.63, 3.8) is 0 Å². The molecule has 0 radical (unpaired) electrons. The lowest BCUT2D eigenvalue weighted by Gasteiger charge is -2.35. The molecule has 1 unspecified atom stereocenters. The molecule has 24 heavy (non-hydrogen) atoms. The van der Waals surface area contributed by atoms with Crippen LogP contribution in [0.2, 0.25) is 0 Å². The molecule has 5 heteroatoms. The van der Waals surface area contributed by atoms with Gasteiger partial charge in [-0.2, -0.15) is 0 Å². The zero-order chi connectivity index (χ0) is 16.7. The summed E-state index contributed by atoms with van der Waals surface area (Å²) in [6, 6.07) is 8.96. The summed E-state index contributed by atoms with van der Waals surface area (Å²) in [4.78, 5) is 15.2. The Morgan fingerprint density at radius 2 is 1.96 bits per heavy atom. The van der Waals surface area contributed by atoms with Gasteiger partial charge in [-0.05, 0) is 63.4 Å². The standard InChI is InChI=1S/C19H21FN4/c1-12-5-3-4-10-24(12)19-18-17(21-13(2)22-19)11-16(23-18)14-6-8-15(20)9-7-14/h6-9,11-12H,3-5,10H2,1-2H3,(H,21,22). The highest BCUT2D eigenvalue weighted by molar-refractivity contribution is 5.78. The van der Waals surface area contributed by atoms with Crippen LogP contribution in [0.4, 0.5) is 10.2 Å². The third kappa shape index (κ3) is 2.64. The highest BCUT2D eigenvalue weighted by Gasteiger charge is 2.26. The first-order chi connectivity index (χ1) is 11.6. The first kappa shape index (κ1) is 15.1. The van der Waals surface area contributed by atoms with E-state index in [4.69, 9.17) is 9.97 Å². The Hall–Kier alpha value is -2.43. The Morgan fingerprint density at radius 3 is 2.71 bits per heavy atom. The van der Waals surface area contributed by atoms with E-state index in [1.165, 1.54) is 31.4 Å². The van der Waals surface area contributed by atoms with Crippen LogP contribution in [0, 0.1) is 12.7 Å². The fourth-order valence-corrected chi connectivity index (χ4v) is 3.50. The number of nitrogens with one attached hydrogen (secondary N) is 1. The highest BCUT2D eigenvalue weighted by Crippen LogP contribution is 2.35. The Bertz CT molecular complexity index is 824. The quantitative estimate of drug-likeness (QED) is 0.760. The van der Waals surface area contributed by atoms with Gasteiger partial charge in [0.25, 0.3) is 0 Å². The van der Waals surface area contributed by atoms with E-state index in [0.717, 1.165) is 40.8 Å². The van der Waals surface area contributed by atoms with Crippen LogP contribution >= 0.6 is 0 Å². The minimum atomic E-state index is -0.234. The smallest absolute Gasteiger partial charge is 0.159 e. The average molecular weight is 324 g/mol. The number of fused-ring (bicyclic) bond motifs is 1. The van der Waals surface area contributed by atoms with Crippen LogP contribution < -0.4 is 4.90 Å². The molecule has 0 aromatic heterocycles. The lowest BCUT2D eigenvalue weighted by atomic mass is 10.0. The maximum Gasteiger partial charge on any atom is 0.159 e. The fourth-order valence-electron chi connectivity index (χ4n) is 3.50. The summed E-state index contributed by atoms with van der Waals surface area (Å²) in [7, 11) is 0. The van der Waals surface area contributed by atoms with E-state index in [-0.39, 0.29) is 5.82 Å². The van der Waals surface area contributed by atoms with Crippen molar-refractivity contribution >= 4 is 5.82 Å². The van der Waals surface area contributed by atoms with E-state index in [2.05, 4.69) is 16.8 Å². The summed E-state index contributed by atoms with van der Waals surface area (Å²) >= 11 is 0. The van der Waals surface area contributed by atoms with Gasteiger partial charge < -0.3 is 9.88 Å². The topological polar surface area (TPSA) is 44.8 Å². The van der Waals surface area contributed by atoms with Crippen molar-refractivity contribution in [3.05, 3.63) is 42.0 Å². The maximum atomic E-state index is 13.2. The van der Waals surface area contributed by atoms with Gasteiger partial charge in [-0.25, -0.2) is 14.4 Å². The second kappa shape index (κ2) is 5.89. The van der Waals surface area contributed by atoms with Crippen molar-refractivity contribution < 1.29 is 4.39 Å². The number of aromatic amines is 1. The predicted octanol–water partition coefficient (Wildman–Crippen LogP) is 4.40. The molecule has 124 valence electrons. The van der Waals surface area contributed by atoms with Gasteiger partial charge in [0.1, 0.15) is 17.3 Å². The van der Waals surface area contributed by atoms with Crippen LogP contribution in [0.5, 0.6) is 0 Å². The Morgan fingerprint density at radius 1 is 1.17 bits per heavy atom. The minimum Gasteiger partial charge on any atom is -0.352 e. The molecule has 3 aliphatic heterocycles. The van der Waals surface area contributed by atoms with Crippen molar-refractivity contribution in [3.8, 4) is 22.6 Å². The molecule has 1 fully saturated rings. The van der Waals surface area contributed by atoms with Crippen molar-refractivity contribution in [1.82, 2.24) is 15.0 Å². The van der Waals surface area contributed by atoms with Crippen LogP contribution in [0.25, 0.3) is 22.6 Å². The molecule has 0 amide bonds. The van der Waals surface area contributed by atoms with Crippen LogP contribution in [0.3, 0.4) is 0 Å². The van der Waals surface area contributed by atoms with Gasteiger partial charge in [0.05, 0.1) is 11.4 Å². The van der Waals surface area contributed by atoms with Gasteiger partial charge in [-0.1, -0.05) is 0 Å². The summed E-state index contributed by atoms with van der Waals surface area (Å²) < 4.78 is 13.2. The number of rotatable bonds is 2. The normalized spacial score (nSPS) is 18.3. The number of anilines is 1. The molecular weight excluding hydrogens is 303 g/mol. The number of aryl methyl sites for hydroxylation is 1. The second-order valence-corrected chi connectivity index (χ2v) is 6.59. The van der Waals surface area contributed by atoms with Gasteiger partial charge >= 0.3 is 0 Å². The van der Waals surface area contributed by atoms with Gasteiger partial charge in [-0.15, -0.1) is 0 Å². The van der Waals surface area contributed by atoms with Crippen molar-refractivity contribution in [2.45, 2.75) is 39.2 Å². The van der Waals surface area contributed by atoms with Gasteiger partial charge in [-0.3, -0.25) is 0 Å². The van der Waals surface area contributed by atoms with Crippen LogP contribution in [0.1, 0.15) is 32.0 Å². The summed E-state index contributed by atoms with van der Waals surface area (Å²) in [5.41, 5.74) is 3.64. The average Bonchev–Trinajstić information content (AvgIpc) is 2.99. The monoisotopic (exact) mass is 324 g/mol. The Balaban J connectivity index is 1.82. The number of hydrogen-bond donors (Lipinski definition) is 1. The molecule has 4 rings (SSSR count). The van der Waals surface area contributed by atoms with Gasteiger partial charge in [0, 0.05) is 18.2 Å². The molecule has 0 spiro atoms. The molecule has 1 N–H and O–H groups in total. The minimum absolute atomic E-state index is 0.234. The van der Waals surface area contributed by atoms with Crippen LogP contribution in [-0.4, -0.2) is 27.5 Å². The lowest BCUT2D eigenvalue weighted by Crippen LogP contribution is -2.38. The molecule has 1 saturated heterocycles. The van der Waals surface area contributed by atoms with E-state index in [0.29, 0.717) is 6.04 Å². The summed E-state index contributed by atoms with van der Waals surface area (Å²) in [6.07, 6.45) is 3.65. The second-order valence-electron chi connectivity index (χ2n) is 6.59. The predicted molar refractivity (Wildman–Crippen MR) is 93.8 cm³/mol. The third-order valence-electron chi connectivity index (χ3n) is 4.78. The lowest BCUT2D eigenvalue weighted by molar-refractivity contribution is 0.480. The van der Waals surface area contributed by atoms with Gasteiger partial charge in [0.15, 0.2) is 5.82 Å². The van der Waals surface area contributed by atoms with Crippen LogP contribution in [0.15, 0.2) is 30.3 Å². The van der Waals surface area contributed by atoms with E-state index in [9.17, 15) is 4.39 Å². The molecule has 1 aromatic carbocycles. The molecule has 4 nitrogen and oxygen atoms in total. The van der Waals surface area contributed by atoms with E-state index in [1.54, 1.807) is 12.1 Å². The van der Waals surface area contributed by atoms with E-state index >= 15 is 0 Å². The molecule has 0 aliphatic carbocycles. The summed E-state index contributed by atoms with van der Waals surface area (Å²) in [6.45, 7) is 5.25. The number of nitrogens with zero attached hydrogens (tertiary/aromatic N) is 3. The number of aromatic nitrogens is 3. The van der Waals surface area contributed by atoms with E-state index in [1.807, 2.05) is 13.0 Å². The molecular formula is C19H21FN4. The summed E-state index contributed by atoms with van der Waals surface area (Å²) in [5, 5.41) is 0. The SMILES string of the molecule is Cc1nc(N2CCCCC2C)c2nc(-c3ccc(F)cc3)cc-2[nH]1. The molecule has 3 heterocycles. The summed E-state index contributed by atoms with van der Waals surface area (Å²) in [5.74, 6) is 1.61. The van der Waals surface area contributed by atoms with E-state index < -0.39 is 0 Å². The Labute approximate surface area is 141 Å². The van der Waals surface area contributed by atoms with Crippen molar-refractivity contribution in [2.75, 3.05) is 11.4 Å². The zero-order valence-electron chi connectivity index (χ0n) is 14.0. The first-order valence-corrected chi connectivity index (χ1v) is 8.52. The highest BCUT2D eigenvalue weighted by atomic mass is 19.1. The first-order valence-electron chi connectivity index (χ1n) is 8.52. The zero-order valence-corrected chi connectivity index (χ0v) is 14.0. The Kier molecular flexibility index (Phi) is 3.71. The van der Waals surface area contributed by atoms with Crippen molar-refractivity contribution in [1.29, 1.82) is 0 Å². The number of piperidine rings is 1. The van der Waals surface area contributed by atoms with Crippen LogP contribution in [-0.2, 0) is 0 Å². The third-order valence-corrected chi connectivity index (χ3v) is 4.78. The number of H-pyrrole nitrogens is 1. The number of hydrogen-bond acceptors (Lipinski definition) is 3. The molecule has 0 saturated carbocycles.